The summed E-state index contributed by atoms with van der Waals surface area (Å²) in [7, 11) is 1.67. The first-order chi connectivity index (χ1) is 9.27. The highest BCUT2D eigenvalue weighted by Gasteiger charge is 2.13. The zero-order valence-corrected chi connectivity index (χ0v) is 12.1. The maximum Gasteiger partial charge on any atom is 0.222 e. The van der Waals surface area contributed by atoms with Crippen LogP contribution in [0.3, 0.4) is 0 Å². The topological polar surface area (TPSA) is 29.5 Å². The second kappa shape index (κ2) is 9.56. The second-order valence-electron chi connectivity index (χ2n) is 4.75. The highest BCUT2D eigenvalue weighted by atomic mass is 16.5. The molecule has 0 saturated heterocycles. The quantitative estimate of drug-likeness (QED) is 0.640. The first kappa shape index (κ1) is 15.7. The van der Waals surface area contributed by atoms with Crippen LogP contribution in [0.4, 0.5) is 0 Å². The second-order valence-corrected chi connectivity index (χ2v) is 4.75. The number of amides is 1. The fraction of sp³-hybridized carbons (Fsp3) is 0.562. The molecule has 1 aromatic rings. The van der Waals surface area contributed by atoms with E-state index in [1.165, 1.54) is 5.56 Å². The third kappa shape index (κ3) is 6.39. The lowest BCUT2D eigenvalue weighted by Crippen LogP contribution is -2.33. The molecule has 1 rings (SSSR count). The molecular formula is C16H25NO2. The van der Waals surface area contributed by atoms with Crippen LogP contribution in [0.15, 0.2) is 30.3 Å². The highest BCUT2D eigenvalue weighted by Crippen LogP contribution is 2.08. The van der Waals surface area contributed by atoms with Crippen LogP contribution in [0.5, 0.6) is 0 Å². The van der Waals surface area contributed by atoms with Crippen LogP contribution in [0, 0.1) is 0 Å². The minimum atomic E-state index is 0.231. The van der Waals surface area contributed by atoms with E-state index < -0.39 is 0 Å². The van der Waals surface area contributed by atoms with E-state index in [4.69, 9.17) is 4.74 Å². The van der Waals surface area contributed by atoms with Crippen molar-refractivity contribution < 1.29 is 9.53 Å². The number of unbranched alkanes of at least 4 members (excludes halogenated alkanes) is 2. The largest absolute Gasteiger partial charge is 0.383 e. The van der Waals surface area contributed by atoms with Crippen molar-refractivity contribution in [1.82, 2.24) is 4.90 Å². The fourth-order valence-corrected chi connectivity index (χ4v) is 1.98. The number of hydrogen-bond donors (Lipinski definition) is 0. The van der Waals surface area contributed by atoms with Gasteiger partial charge in [0, 0.05) is 26.6 Å². The van der Waals surface area contributed by atoms with E-state index in [0.717, 1.165) is 19.3 Å². The summed E-state index contributed by atoms with van der Waals surface area (Å²) >= 11 is 0. The van der Waals surface area contributed by atoms with Crippen LogP contribution < -0.4 is 0 Å². The van der Waals surface area contributed by atoms with Crippen molar-refractivity contribution in [3.05, 3.63) is 35.9 Å². The molecule has 3 nitrogen and oxygen atoms in total. The number of carbonyl (C=O) groups is 1. The van der Waals surface area contributed by atoms with Gasteiger partial charge in [0.1, 0.15) is 0 Å². The van der Waals surface area contributed by atoms with Crippen molar-refractivity contribution in [2.75, 3.05) is 20.3 Å². The van der Waals surface area contributed by atoms with E-state index in [1.54, 1.807) is 7.11 Å². The van der Waals surface area contributed by atoms with E-state index in [9.17, 15) is 4.79 Å². The summed E-state index contributed by atoms with van der Waals surface area (Å²) in [5.41, 5.74) is 1.17. The predicted octanol–water partition coefficient (Wildman–Crippen LogP) is 3.24. The van der Waals surface area contributed by atoms with Gasteiger partial charge in [-0.2, -0.15) is 0 Å². The summed E-state index contributed by atoms with van der Waals surface area (Å²) in [5.74, 6) is 0.231. The molecule has 0 unspecified atom stereocenters. The molecule has 0 atom stereocenters. The molecule has 19 heavy (non-hydrogen) atoms. The Bertz CT molecular complexity index is 351. The van der Waals surface area contributed by atoms with Crippen LogP contribution in [0.1, 0.15) is 38.2 Å². The third-order valence-electron chi connectivity index (χ3n) is 3.13. The number of methoxy groups -OCH3 is 1. The first-order valence-electron chi connectivity index (χ1n) is 7.08. The molecule has 0 aliphatic carbocycles. The SMILES string of the molecule is CCCCCC(=O)N(CCOC)Cc1ccccc1. The molecule has 0 saturated carbocycles. The minimum absolute atomic E-state index is 0.231. The smallest absolute Gasteiger partial charge is 0.222 e. The Morgan fingerprint density at radius 3 is 2.58 bits per heavy atom. The molecule has 106 valence electrons. The summed E-state index contributed by atoms with van der Waals surface area (Å²) in [6.45, 7) is 4.08. The van der Waals surface area contributed by atoms with Crippen molar-refractivity contribution in [1.29, 1.82) is 0 Å². The van der Waals surface area contributed by atoms with Crippen molar-refractivity contribution in [3.8, 4) is 0 Å². The summed E-state index contributed by atoms with van der Waals surface area (Å²) in [4.78, 5) is 14.1. The maximum atomic E-state index is 12.2. The van der Waals surface area contributed by atoms with Crippen molar-refractivity contribution in [3.63, 3.8) is 0 Å². The first-order valence-corrected chi connectivity index (χ1v) is 7.08. The Morgan fingerprint density at radius 2 is 1.95 bits per heavy atom. The minimum Gasteiger partial charge on any atom is -0.383 e. The van der Waals surface area contributed by atoms with Gasteiger partial charge in [0.25, 0.3) is 0 Å². The van der Waals surface area contributed by atoms with Crippen molar-refractivity contribution >= 4 is 5.91 Å². The van der Waals surface area contributed by atoms with Gasteiger partial charge < -0.3 is 9.64 Å². The highest BCUT2D eigenvalue weighted by molar-refractivity contribution is 5.76. The number of rotatable bonds is 9. The molecule has 0 bridgehead atoms. The van der Waals surface area contributed by atoms with E-state index in [2.05, 4.69) is 19.1 Å². The zero-order chi connectivity index (χ0) is 13.9. The molecule has 0 aromatic heterocycles. The van der Waals surface area contributed by atoms with Gasteiger partial charge in [0.15, 0.2) is 0 Å². The monoisotopic (exact) mass is 263 g/mol. The molecule has 0 aliphatic heterocycles. The summed E-state index contributed by atoms with van der Waals surface area (Å²) in [5, 5.41) is 0. The lowest BCUT2D eigenvalue weighted by molar-refractivity contribution is -0.132. The molecule has 0 aliphatic rings. The molecule has 1 aromatic carbocycles. The van der Waals surface area contributed by atoms with Crippen LogP contribution in [-0.2, 0) is 16.1 Å². The molecule has 0 N–H and O–H groups in total. The summed E-state index contributed by atoms with van der Waals surface area (Å²) in [6, 6.07) is 10.1. The van der Waals surface area contributed by atoms with E-state index in [0.29, 0.717) is 26.1 Å². The van der Waals surface area contributed by atoms with Crippen LogP contribution in [-0.4, -0.2) is 31.1 Å². The molecule has 0 spiro atoms. The zero-order valence-electron chi connectivity index (χ0n) is 12.1. The van der Waals surface area contributed by atoms with Gasteiger partial charge in [-0.3, -0.25) is 4.79 Å². The van der Waals surface area contributed by atoms with Crippen LogP contribution >= 0.6 is 0 Å². The van der Waals surface area contributed by atoms with Crippen molar-refractivity contribution in [2.45, 2.75) is 39.2 Å². The lowest BCUT2D eigenvalue weighted by Gasteiger charge is -2.22. The Balaban J connectivity index is 2.53. The van der Waals surface area contributed by atoms with E-state index >= 15 is 0 Å². The van der Waals surface area contributed by atoms with Crippen LogP contribution in [0.25, 0.3) is 0 Å². The molecule has 0 fully saturated rings. The molecule has 0 heterocycles. The summed E-state index contributed by atoms with van der Waals surface area (Å²) in [6.07, 6.45) is 3.89. The lowest BCUT2D eigenvalue weighted by atomic mass is 10.1. The normalized spacial score (nSPS) is 10.4. The fourth-order valence-electron chi connectivity index (χ4n) is 1.98. The van der Waals surface area contributed by atoms with Crippen LogP contribution in [0.2, 0.25) is 0 Å². The number of nitrogens with zero attached hydrogens (tertiary/aromatic N) is 1. The van der Waals surface area contributed by atoms with E-state index in [-0.39, 0.29) is 5.91 Å². The number of ether oxygens (including phenoxy) is 1. The molecule has 3 heteroatoms. The standard InChI is InChI=1S/C16H25NO2/c1-3-4-6-11-16(18)17(12-13-19-2)14-15-9-7-5-8-10-15/h5,7-10H,3-4,6,11-14H2,1-2H3. The average molecular weight is 263 g/mol. The van der Waals surface area contributed by atoms with Gasteiger partial charge >= 0.3 is 0 Å². The van der Waals surface area contributed by atoms with Gasteiger partial charge in [-0.25, -0.2) is 0 Å². The third-order valence-corrected chi connectivity index (χ3v) is 3.13. The number of hydrogen-bond acceptors (Lipinski definition) is 2. The van der Waals surface area contributed by atoms with Gasteiger partial charge in [-0.05, 0) is 12.0 Å². The Labute approximate surface area is 116 Å². The summed E-state index contributed by atoms with van der Waals surface area (Å²) < 4.78 is 5.09. The Hall–Kier alpha value is -1.35. The maximum absolute atomic E-state index is 12.2. The van der Waals surface area contributed by atoms with Gasteiger partial charge in [0.05, 0.1) is 6.61 Å². The molecule has 1 amide bonds. The van der Waals surface area contributed by atoms with E-state index in [1.807, 2.05) is 23.1 Å². The van der Waals surface area contributed by atoms with Crippen molar-refractivity contribution in [2.24, 2.45) is 0 Å². The molecule has 0 radical (unpaired) electrons. The predicted molar refractivity (Wildman–Crippen MR) is 77.9 cm³/mol. The molecular weight excluding hydrogens is 238 g/mol. The Kier molecular flexibility index (Phi) is 7.91. The van der Waals surface area contributed by atoms with Gasteiger partial charge in [0.2, 0.25) is 5.91 Å². The number of benzene rings is 1. The average Bonchev–Trinajstić information content (AvgIpc) is 2.44. The van der Waals surface area contributed by atoms with Gasteiger partial charge in [-0.1, -0.05) is 50.1 Å². The van der Waals surface area contributed by atoms with Gasteiger partial charge in [-0.15, -0.1) is 0 Å². The Morgan fingerprint density at radius 1 is 1.21 bits per heavy atom. The number of carbonyl (C=O) groups excluding carboxylic acids is 1.